The number of benzene rings is 1. The van der Waals surface area contributed by atoms with Crippen LogP contribution in [0.1, 0.15) is 17.1 Å². The van der Waals surface area contributed by atoms with Crippen molar-refractivity contribution in [2.45, 2.75) is 19.5 Å². The minimum absolute atomic E-state index is 0.0745. The van der Waals surface area contributed by atoms with Gasteiger partial charge in [0.05, 0.1) is 34.6 Å². The predicted octanol–water partition coefficient (Wildman–Crippen LogP) is 3.59. The fourth-order valence-electron chi connectivity index (χ4n) is 3.58. The summed E-state index contributed by atoms with van der Waals surface area (Å²) in [6.07, 6.45) is 2.48. The van der Waals surface area contributed by atoms with E-state index in [2.05, 4.69) is 24.8 Å². The van der Waals surface area contributed by atoms with E-state index in [1.165, 1.54) is 12.1 Å². The van der Waals surface area contributed by atoms with Crippen molar-refractivity contribution >= 4 is 11.3 Å². The summed E-state index contributed by atoms with van der Waals surface area (Å²) in [6.45, 7) is 1.95. The first-order chi connectivity index (χ1) is 14.2. The van der Waals surface area contributed by atoms with Crippen LogP contribution in [0.2, 0.25) is 0 Å². The monoisotopic (exact) mass is 407 g/mol. The minimum atomic E-state index is -0.262. The fourth-order valence-corrected chi connectivity index (χ4v) is 4.25. The van der Waals surface area contributed by atoms with E-state index in [9.17, 15) is 9.18 Å². The molecule has 0 saturated carbocycles. The molecule has 4 aromatic rings. The molecule has 0 aliphatic carbocycles. The normalized spacial score (nSPS) is 14.1. The molecule has 0 atom stereocenters. The summed E-state index contributed by atoms with van der Waals surface area (Å²) in [7, 11) is 0. The highest BCUT2D eigenvalue weighted by molar-refractivity contribution is 7.13. The van der Waals surface area contributed by atoms with Gasteiger partial charge in [-0.15, -0.1) is 11.3 Å². The van der Waals surface area contributed by atoms with Crippen LogP contribution in [0.5, 0.6) is 0 Å². The summed E-state index contributed by atoms with van der Waals surface area (Å²) in [5.74, 6) is 1.20. The van der Waals surface area contributed by atoms with Gasteiger partial charge in [-0.05, 0) is 41.3 Å². The van der Waals surface area contributed by atoms with Gasteiger partial charge in [-0.25, -0.2) is 14.4 Å². The number of nitrogens with one attached hydrogen (secondary N) is 2. The van der Waals surface area contributed by atoms with E-state index in [0.29, 0.717) is 18.9 Å². The Balaban J connectivity index is 1.33. The van der Waals surface area contributed by atoms with Crippen molar-refractivity contribution in [2.24, 2.45) is 0 Å². The molecule has 1 aromatic carbocycles. The van der Waals surface area contributed by atoms with Gasteiger partial charge in [0.1, 0.15) is 11.6 Å². The largest absolute Gasteiger partial charge is 0.341 e. The number of aromatic amines is 2. The molecule has 1 aliphatic heterocycles. The number of hydrogen-bond acceptors (Lipinski definition) is 5. The van der Waals surface area contributed by atoms with Crippen molar-refractivity contribution in [1.82, 2.24) is 24.8 Å². The SMILES string of the molecule is O=c1[nH]c(-c2cccs2)nc2c1CN(Cc1ncc(-c3ccc(F)cc3)[nH]1)CC2. The van der Waals surface area contributed by atoms with Gasteiger partial charge >= 0.3 is 0 Å². The Morgan fingerprint density at radius 3 is 2.83 bits per heavy atom. The zero-order chi connectivity index (χ0) is 19.8. The third kappa shape index (κ3) is 3.64. The van der Waals surface area contributed by atoms with Gasteiger partial charge < -0.3 is 9.97 Å². The maximum atomic E-state index is 13.1. The molecular weight excluding hydrogens is 389 g/mol. The molecule has 0 radical (unpaired) electrons. The number of aromatic nitrogens is 4. The van der Waals surface area contributed by atoms with Crippen molar-refractivity contribution in [3.05, 3.63) is 81.2 Å². The summed E-state index contributed by atoms with van der Waals surface area (Å²) < 4.78 is 13.1. The number of H-pyrrole nitrogens is 2. The molecule has 1 aliphatic rings. The number of halogens is 1. The molecule has 29 heavy (non-hydrogen) atoms. The van der Waals surface area contributed by atoms with Crippen LogP contribution >= 0.6 is 11.3 Å². The molecular formula is C21H18FN5OS. The summed E-state index contributed by atoms with van der Waals surface area (Å²) in [5.41, 5.74) is 3.25. The first kappa shape index (κ1) is 18.0. The fraction of sp³-hybridized carbons (Fsp3) is 0.190. The molecule has 0 amide bonds. The Morgan fingerprint density at radius 2 is 2.03 bits per heavy atom. The van der Waals surface area contributed by atoms with Crippen molar-refractivity contribution in [1.29, 1.82) is 0 Å². The van der Waals surface area contributed by atoms with Gasteiger partial charge in [0.15, 0.2) is 5.82 Å². The maximum absolute atomic E-state index is 13.1. The smallest absolute Gasteiger partial charge is 0.255 e. The van der Waals surface area contributed by atoms with E-state index in [0.717, 1.165) is 46.2 Å². The number of thiophene rings is 1. The Labute approximate surface area is 170 Å². The molecule has 0 unspecified atom stereocenters. The standard InChI is InChI=1S/C21H18FN5OS/c22-14-5-3-13(4-6-14)17-10-23-19(24-17)12-27-8-7-16-15(11-27)21(28)26-20(25-16)18-2-1-9-29-18/h1-6,9-10H,7-8,11-12H2,(H,23,24)(H,25,26,28). The quantitative estimate of drug-likeness (QED) is 0.542. The van der Waals surface area contributed by atoms with E-state index >= 15 is 0 Å². The number of nitrogens with zero attached hydrogens (tertiary/aromatic N) is 3. The first-order valence-electron chi connectivity index (χ1n) is 9.34. The average Bonchev–Trinajstić information content (AvgIpc) is 3.41. The molecule has 0 bridgehead atoms. The lowest BCUT2D eigenvalue weighted by atomic mass is 10.1. The third-order valence-corrected chi connectivity index (χ3v) is 5.94. The van der Waals surface area contributed by atoms with Gasteiger partial charge in [0.2, 0.25) is 0 Å². The highest BCUT2D eigenvalue weighted by Crippen LogP contribution is 2.23. The van der Waals surface area contributed by atoms with E-state index in [1.54, 1.807) is 29.7 Å². The lowest BCUT2D eigenvalue weighted by Crippen LogP contribution is -2.35. The molecule has 6 nitrogen and oxygen atoms in total. The summed E-state index contributed by atoms with van der Waals surface area (Å²) in [5, 5.41) is 1.97. The van der Waals surface area contributed by atoms with Gasteiger partial charge in [0.25, 0.3) is 5.56 Å². The van der Waals surface area contributed by atoms with Gasteiger partial charge in [-0.2, -0.15) is 0 Å². The molecule has 3 aromatic heterocycles. The number of fused-ring (bicyclic) bond motifs is 1. The summed E-state index contributed by atoms with van der Waals surface area (Å²) in [6, 6.07) is 10.2. The molecule has 8 heteroatoms. The number of rotatable bonds is 4. The van der Waals surface area contributed by atoms with Crippen LogP contribution in [0.3, 0.4) is 0 Å². The molecule has 0 saturated heterocycles. The predicted molar refractivity (Wildman–Crippen MR) is 110 cm³/mol. The number of imidazole rings is 1. The third-order valence-electron chi connectivity index (χ3n) is 5.06. The molecule has 5 rings (SSSR count). The second-order valence-electron chi connectivity index (χ2n) is 7.03. The molecule has 4 heterocycles. The topological polar surface area (TPSA) is 77.7 Å². The lowest BCUT2D eigenvalue weighted by molar-refractivity contribution is 0.236. The van der Waals surface area contributed by atoms with E-state index in [-0.39, 0.29) is 11.4 Å². The zero-order valence-electron chi connectivity index (χ0n) is 15.5. The van der Waals surface area contributed by atoms with Crippen LogP contribution in [0.15, 0.2) is 52.8 Å². The van der Waals surface area contributed by atoms with Crippen LogP contribution in [0, 0.1) is 5.82 Å². The summed E-state index contributed by atoms with van der Waals surface area (Å²) in [4.78, 5) is 31.1. The van der Waals surface area contributed by atoms with Crippen molar-refractivity contribution in [2.75, 3.05) is 6.54 Å². The van der Waals surface area contributed by atoms with Crippen molar-refractivity contribution in [3.8, 4) is 22.0 Å². The summed E-state index contributed by atoms with van der Waals surface area (Å²) >= 11 is 1.56. The first-order valence-corrected chi connectivity index (χ1v) is 10.2. The highest BCUT2D eigenvalue weighted by Gasteiger charge is 2.22. The van der Waals surface area contributed by atoms with E-state index in [4.69, 9.17) is 0 Å². The lowest BCUT2D eigenvalue weighted by Gasteiger charge is -2.26. The average molecular weight is 407 g/mol. The Bertz CT molecular complexity index is 1200. The molecule has 146 valence electrons. The van der Waals surface area contributed by atoms with Crippen molar-refractivity contribution < 1.29 is 4.39 Å². The van der Waals surface area contributed by atoms with E-state index in [1.807, 2.05) is 17.5 Å². The second-order valence-corrected chi connectivity index (χ2v) is 7.98. The Hall–Kier alpha value is -3.10. The van der Waals surface area contributed by atoms with Gasteiger partial charge in [0, 0.05) is 19.5 Å². The highest BCUT2D eigenvalue weighted by atomic mass is 32.1. The van der Waals surface area contributed by atoms with Gasteiger partial charge in [-0.1, -0.05) is 6.07 Å². The minimum Gasteiger partial charge on any atom is -0.341 e. The van der Waals surface area contributed by atoms with Crippen LogP contribution in [-0.2, 0) is 19.5 Å². The molecule has 0 spiro atoms. The maximum Gasteiger partial charge on any atom is 0.255 e. The Morgan fingerprint density at radius 1 is 1.17 bits per heavy atom. The van der Waals surface area contributed by atoms with E-state index < -0.39 is 0 Å². The van der Waals surface area contributed by atoms with Crippen LogP contribution < -0.4 is 5.56 Å². The van der Waals surface area contributed by atoms with Gasteiger partial charge in [-0.3, -0.25) is 9.69 Å². The van der Waals surface area contributed by atoms with Crippen LogP contribution in [0.25, 0.3) is 22.0 Å². The van der Waals surface area contributed by atoms with Crippen molar-refractivity contribution in [3.63, 3.8) is 0 Å². The Kier molecular flexibility index (Phi) is 4.57. The molecule has 2 N–H and O–H groups in total. The van der Waals surface area contributed by atoms with Crippen LogP contribution in [-0.4, -0.2) is 31.4 Å². The second kappa shape index (κ2) is 7.38. The zero-order valence-corrected chi connectivity index (χ0v) is 16.3. The number of hydrogen-bond donors (Lipinski definition) is 2. The molecule has 0 fully saturated rings. The van der Waals surface area contributed by atoms with Crippen LogP contribution in [0.4, 0.5) is 4.39 Å².